The molecule has 3 N–H and O–H groups in total. The van der Waals surface area contributed by atoms with Gasteiger partial charge in [0, 0.05) is 24.6 Å². The van der Waals surface area contributed by atoms with Gasteiger partial charge >= 0.3 is 18.0 Å². The van der Waals surface area contributed by atoms with E-state index in [-0.39, 0.29) is 25.3 Å². The Morgan fingerprint density at radius 3 is 2.21 bits per heavy atom. The first kappa shape index (κ1) is 29.7. The van der Waals surface area contributed by atoms with E-state index >= 15 is 0 Å². The number of benzene rings is 2. The fraction of sp³-hybridized carbons (Fsp3) is 0.360. The van der Waals surface area contributed by atoms with Gasteiger partial charge in [0.05, 0.1) is 38.1 Å². The monoisotopic (exact) mass is 531 g/mol. The van der Waals surface area contributed by atoms with Crippen molar-refractivity contribution in [3.8, 4) is 0 Å². The van der Waals surface area contributed by atoms with Crippen LogP contribution in [-0.2, 0) is 35.2 Å². The van der Waals surface area contributed by atoms with Crippen molar-refractivity contribution < 1.29 is 43.4 Å². The van der Waals surface area contributed by atoms with E-state index in [2.05, 4.69) is 10.6 Å². The van der Waals surface area contributed by atoms with E-state index in [4.69, 9.17) is 14.2 Å². The standard InChI is InChI=1S/C25H29N3O10/c1-36-22(31)13-20(17-8-10-18(11-9-17)28(34)35)23(24(32)37-2)27-21(30)12-19(29)14-26-25(33)38-15-16-6-4-3-5-7-16/h3-11,19-20,23,29H,12-15H2,1-2H3,(H,26,33)(H,27,30)/t19-,20+,23+/m1/s1. The molecule has 0 aliphatic carbocycles. The van der Waals surface area contributed by atoms with Crippen LogP contribution in [-0.4, -0.2) is 66.9 Å². The maximum atomic E-state index is 12.6. The molecule has 204 valence electrons. The third kappa shape index (κ3) is 9.50. The van der Waals surface area contributed by atoms with Gasteiger partial charge < -0.3 is 30.0 Å². The summed E-state index contributed by atoms with van der Waals surface area (Å²) in [5.74, 6) is -3.36. The molecule has 0 bridgehead atoms. The Kier molecular flexibility index (Phi) is 11.6. The summed E-state index contributed by atoms with van der Waals surface area (Å²) in [6, 6.07) is 12.7. The van der Waals surface area contributed by atoms with Gasteiger partial charge in [-0.1, -0.05) is 42.5 Å². The van der Waals surface area contributed by atoms with Gasteiger partial charge in [-0.2, -0.15) is 0 Å². The van der Waals surface area contributed by atoms with Crippen LogP contribution in [0.25, 0.3) is 0 Å². The minimum atomic E-state index is -1.39. The van der Waals surface area contributed by atoms with Gasteiger partial charge in [-0.3, -0.25) is 19.7 Å². The molecule has 0 radical (unpaired) electrons. The van der Waals surface area contributed by atoms with Gasteiger partial charge in [-0.15, -0.1) is 0 Å². The molecule has 13 heteroatoms. The zero-order valence-corrected chi connectivity index (χ0v) is 20.8. The molecule has 0 spiro atoms. The number of carbonyl (C=O) groups excluding carboxylic acids is 4. The maximum absolute atomic E-state index is 12.6. The van der Waals surface area contributed by atoms with E-state index in [0.717, 1.165) is 19.8 Å². The third-order valence-corrected chi connectivity index (χ3v) is 5.44. The zero-order valence-electron chi connectivity index (χ0n) is 20.8. The second-order valence-corrected chi connectivity index (χ2v) is 8.10. The SMILES string of the molecule is COC(=O)C[C@@H](c1ccc([N+](=O)[O-])cc1)[C@H](NC(=O)C[C@@H](O)CNC(=O)OCc1ccccc1)C(=O)OC. The van der Waals surface area contributed by atoms with Crippen molar-refractivity contribution in [3.63, 3.8) is 0 Å². The lowest BCUT2D eigenvalue weighted by molar-refractivity contribution is -0.384. The second-order valence-electron chi connectivity index (χ2n) is 8.10. The molecule has 2 aromatic rings. The second kappa shape index (κ2) is 14.9. The van der Waals surface area contributed by atoms with E-state index < -0.39 is 53.3 Å². The van der Waals surface area contributed by atoms with Crippen LogP contribution in [0.5, 0.6) is 0 Å². The molecule has 0 aliphatic heterocycles. The first-order valence-corrected chi connectivity index (χ1v) is 11.5. The smallest absolute Gasteiger partial charge is 0.407 e. The van der Waals surface area contributed by atoms with Gasteiger partial charge in [0.15, 0.2) is 0 Å². The highest BCUT2D eigenvalue weighted by Crippen LogP contribution is 2.27. The number of methoxy groups -OCH3 is 2. The topological polar surface area (TPSA) is 183 Å². The summed E-state index contributed by atoms with van der Waals surface area (Å²) in [6.07, 6.45) is -2.98. The van der Waals surface area contributed by atoms with Gasteiger partial charge in [0.2, 0.25) is 5.91 Å². The quantitative estimate of drug-likeness (QED) is 0.148. The van der Waals surface area contributed by atoms with E-state index in [1.807, 2.05) is 6.07 Å². The summed E-state index contributed by atoms with van der Waals surface area (Å²) in [7, 11) is 2.24. The number of amides is 2. The average Bonchev–Trinajstić information content (AvgIpc) is 2.92. The Balaban J connectivity index is 2.03. The van der Waals surface area contributed by atoms with Crippen molar-refractivity contribution in [1.82, 2.24) is 10.6 Å². The molecule has 2 rings (SSSR count). The molecule has 13 nitrogen and oxygen atoms in total. The Morgan fingerprint density at radius 1 is 0.974 bits per heavy atom. The molecular weight excluding hydrogens is 502 g/mol. The number of esters is 2. The number of non-ortho nitro benzene ring substituents is 1. The summed E-state index contributed by atoms with van der Waals surface area (Å²) >= 11 is 0. The zero-order chi connectivity index (χ0) is 28.1. The number of aliphatic hydroxyl groups is 1. The lowest BCUT2D eigenvalue weighted by Crippen LogP contribution is -2.47. The van der Waals surface area contributed by atoms with Crippen LogP contribution in [0.4, 0.5) is 10.5 Å². The number of ether oxygens (including phenoxy) is 3. The van der Waals surface area contributed by atoms with Crippen molar-refractivity contribution >= 4 is 29.6 Å². The van der Waals surface area contributed by atoms with Crippen LogP contribution in [0.1, 0.15) is 29.9 Å². The van der Waals surface area contributed by atoms with E-state index in [1.165, 1.54) is 24.3 Å². The van der Waals surface area contributed by atoms with Crippen molar-refractivity contribution in [2.75, 3.05) is 20.8 Å². The predicted octanol–water partition coefficient (Wildman–Crippen LogP) is 1.58. The Labute approximate surface area is 218 Å². The van der Waals surface area contributed by atoms with Crippen LogP contribution in [0, 0.1) is 10.1 Å². The van der Waals surface area contributed by atoms with E-state index in [9.17, 15) is 34.4 Å². The highest BCUT2D eigenvalue weighted by Gasteiger charge is 2.34. The lowest BCUT2D eigenvalue weighted by atomic mass is 9.88. The van der Waals surface area contributed by atoms with Gasteiger partial charge in [0.25, 0.3) is 5.69 Å². The fourth-order valence-corrected chi connectivity index (χ4v) is 3.48. The number of rotatable bonds is 13. The molecule has 0 saturated heterocycles. The molecule has 0 heterocycles. The van der Waals surface area contributed by atoms with Crippen molar-refractivity contribution in [2.24, 2.45) is 0 Å². The first-order chi connectivity index (χ1) is 18.1. The molecule has 2 aromatic carbocycles. The van der Waals surface area contributed by atoms with Gasteiger partial charge in [0.1, 0.15) is 12.6 Å². The molecule has 3 atom stereocenters. The molecule has 2 amide bonds. The summed E-state index contributed by atoms with van der Waals surface area (Å²) in [6.45, 7) is -0.286. The highest BCUT2D eigenvalue weighted by atomic mass is 16.6. The molecule has 0 aliphatic rings. The average molecular weight is 532 g/mol. The number of aliphatic hydroxyl groups excluding tert-OH is 1. The number of carbonyl (C=O) groups is 4. The van der Waals surface area contributed by atoms with Crippen molar-refractivity contribution in [2.45, 2.75) is 37.5 Å². The number of alkyl carbamates (subject to hydrolysis) is 1. The van der Waals surface area contributed by atoms with E-state index in [1.54, 1.807) is 24.3 Å². The molecule has 38 heavy (non-hydrogen) atoms. The lowest BCUT2D eigenvalue weighted by Gasteiger charge is -2.26. The summed E-state index contributed by atoms with van der Waals surface area (Å²) in [5.41, 5.74) is 0.896. The van der Waals surface area contributed by atoms with Crippen molar-refractivity contribution in [3.05, 3.63) is 75.8 Å². The Bertz CT molecular complexity index is 1110. The number of nitrogens with one attached hydrogen (secondary N) is 2. The third-order valence-electron chi connectivity index (χ3n) is 5.44. The van der Waals surface area contributed by atoms with Crippen LogP contribution < -0.4 is 10.6 Å². The molecule has 0 fully saturated rings. The fourth-order valence-electron chi connectivity index (χ4n) is 3.48. The van der Waals surface area contributed by atoms with Crippen LogP contribution >= 0.6 is 0 Å². The summed E-state index contributed by atoms with van der Waals surface area (Å²) in [4.78, 5) is 59.5. The summed E-state index contributed by atoms with van der Waals surface area (Å²) < 4.78 is 14.5. The predicted molar refractivity (Wildman–Crippen MR) is 132 cm³/mol. The highest BCUT2D eigenvalue weighted by molar-refractivity contribution is 5.86. The van der Waals surface area contributed by atoms with Crippen molar-refractivity contribution in [1.29, 1.82) is 0 Å². The number of nitro benzene ring substituents is 1. The molecular formula is C25H29N3O10. The molecule has 0 saturated carbocycles. The number of hydrogen-bond donors (Lipinski definition) is 3. The van der Waals surface area contributed by atoms with Crippen LogP contribution in [0.15, 0.2) is 54.6 Å². The van der Waals surface area contributed by atoms with Crippen LogP contribution in [0.2, 0.25) is 0 Å². The van der Waals surface area contributed by atoms with E-state index in [0.29, 0.717) is 5.56 Å². The number of hydrogen-bond acceptors (Lipinski definition) is 10. The normalized spacial score (nSPS) is 12.8. The van der Waals surface area contributed by atoms with Crippen LogP contribution in [0.3, 0.4) is 0 Å². The van der Waals surface area contributed by atoms with Gasteiger partial charge in [-0.05, 0) is 11.1 Å². The minimum absolute atomic E-state index is 0.0221. The minimum Gasteiger partial charge on any atom is -0.469 e. The molecule has 0 aromatic heterocycles. The first-order valence-electron chi connectivity index (χ1n) is 11.5. The number of nitrogens with zero attached hydrogens (tertiary/aromatic N) is 1. The largest absolute Gasteiger partial charge is 0.469 e. The molecule has 0 unspecified atom stereocenters. The Morgan fingerprint density at radius 2 is 1.63 bits per heavy atom. The summed E-state index contributed by atoms with van der Waals surface area (Å²) in [5, 5.41) is 26.0. The maximum Gasteiger partial charge on any atom is 0.407 e. The Hall–Kier alpha value is -4.52. The number of nitro groups is 1. The van der Waals surface area contributed by atoms with Gasteiger partial charge in [-0.25, -0.2) is 9.59 Å².